The fourth-order valence-corrected chi connectivity index (χ4v) is 2.31. The number of carboxylic acids is 1. The van der Waals surface area contributed by atoms with Gasteiger partial charge in [-0.2, -0.15) is 0 Å². The second kappa shape index (κ2) is 6.44. The van der Waals surface area contributed by atoms with Crippen LogP contribution >= 0.6 is 0 Å². The third-order valence-corrected chi connectivity index (χ3v) is 2.99. The number of carbonyl (C=O) groups is 2. The minimum absolute atomic E-state index is 0.0417. The van der Waals surface area contributed by atoms with E-state index in [9.17, 15) is 9.59 Å². The number of hydrogen-bond acceptors (Lipinski definition) is 4. The van der Waals surface area contributed by atoms with Crippen LogP contribution in [0.25, 0.3) is 0 Å². The van der Waals surface area contributed by atoms with Crippen molar-refractivity contribution < 1.29 is 19.4 Å². The predicted molar refractivity (Wildman–Crippen MR) is 61.8 cm³/mol. The van der Waals surface area contributed by atoms with Crippen molar-refractivity contribution in [1.29, 1.82) is 0 Å². The standard InChI is InChI=1S/C11H20N2O4/c1-13-6-8(3-4-10(14)15)5-9(7-13)12-11(16)17-2/h8-9H,3-7H2,1-2H3,(H,12,16)(H,14,15). The van der Waals surface area contributed by atoms with Gasteiger partial charge in [0.25, 0.3) is 0 Å². The summed E-state index contributed by atoms with van der Waals surface area (Å²) in [6, 6.07) is 0.0417. The summed E-state index contributed by atoms with van der Waals surface area (Å²) in [5.74, 6) is -0.456. The SMILES string of the molecule is COC(=O)NC1CC(CCC(=O)O)CN(C)C1. The normalized spacial score (nSPS) is 25.3. The number of piperidine rings is 1. The number of carbonyl (C=O) groups excluding carboxylic acids is 1. The van der Waals surface area contributed by atoms with Gasteiger partial charge in [0, 0.05) is 25.6 Å². The Balaban J connectivity index is 2.41. The maximum atomic E-state index is 11.1. The number of rotatable bonds is 4. The molecule has 98 valence electrons. The van der Waals surface area contributed by atoms with Gasteiger partial charge >= 0.3 is 12.1 Å². The molecule has 1 amide bonds. The van der Waals surface area contributed by atoms with Crippen molar-refractivity contribution in [3.8, 4) is 0 Å². The van der Waals surface area contributed by atoms with Gasteiger partial charge in [0.1, 0.15) is 0 Å². The van der Waals surface area contributed by atoms with Gasteiger partial charge in [-0.25, -0.2) is 4.79 Å². The fourth-order valence-electron chi connectivity index (χ4n) is 2.31. The molecule has 0 aliphatic carbocycles. The number of likely N-dealkylation sites (tertiary alicyclic amines) is 1. The van der Waals surface area contributed by atoms with E-state index in [2.05, 4.69) is 15.0 Å². The van der Waals surface area contributed by atoms with Crippen LogP contribution in [-0.4, -0.2) is 55.4 Å². The van der Waals surface area contributed by atoms with Crippen LogP contribution in [0.1, 0.15) is 19.3 Å². The van der Waals surface area contributed by atoms with Crippen LogP contribution < -0.4 is 5.32 Å². The number of alkyl carbamates (subject to hydrolysis) is 1. The molecular formula is C11H20N2O4. The molecule has 6 heteroatoms. The Labute approximate surface area is 101 Å². The smallest absolute Gasteiger partial charge is 0.407 e. The van der Waals surface area contributed by atoms with Gasteiger partial charge in [-0.1, -0.05) is 0 Å². The number of nitrogens with one attached hydrogen (secondary N) is 1. The molecule has 0 radical (unpaired) electrons. The number of nitrogens with zero attached hydrogens (tertiary/aromatic N) is 1. The molecule has 1 rings (SSSR count). The van der Waals surface area contributed by atoms with Crippen molar-refractivity contribution in [3.63, 3.8) is 0 Å². The summed E-state index contributed by atoms with van der Waals surface area (Å²) in [5.41, 5.74) is 0. The molecule has 6 nitrogen and oxygen atoms in total. The van der Waals surface area contributed by atoms with E-state index in [4.69, 9.17) is 5.11 Å². The molecule has 1 aliphatic rings. The number of carboxylic acid groups (broad SMARTS) is 1. The highest BCUT2D eigenvalue weighted by molar-refractivity contribution is 5.67. The van der Waals surface area contributed by atoms with E-state index in [0.29, 0.717) is 12.3 Å². The monoisotopic (exact) mass is 244 g/mol. The van der Waals surface area contributed by atoms with Crippen molar-refractivity contribution >= 4 is 12.1 Å². The molecule has 2 atom stereocenters. The van der Waals surface area contributed by atoms with Crippen LogP contribution in [0.15, 0.2) is 0 Å². The zero-order valence-corrected chi connectivity index (χ0v) is 10.3. The first kappa shape index (κ1) is 13.8. The van der Waals surface area contributed by atoms with Crippen molar-refractivity contribution in [2.75, 3.05) is 27.2 Å². The molecule has 1 fully saturated rings. The third kappa shape index (κ3) is 5.04. The minimum Gasteiger partial charge on any atom is -0.481 e. The molecule has 1 saturated heterocycles. The van der Waals surface area contributed by atoms with Gasteiger partial charge in [-0.3, -0.25) is 4.79 Å². The van der Waals surface area contributed by atoms with Crippen molar-refractivity contribution in [1.82, 2.24) is 10.2 Å². The Morgan fingerprint density at radius 2 is 2.18 bits per heavy atom. The number of likely N-dealkylation sites (N-methyl/N-ethyl adjacent to an activating group) is 1. The Hall–Kier alpha value is -1.30. The van der Waals surface area contributed by atoms with Crippen LogP contribution in [-0.2, 0) is 9.53 Å². The molecule has 2 unspecified atom stereocenters. The van der Waals surface area contributed by atoms with E-state index in [-0.39, 0.29) is 12.5 Å². The first-order chi connectivity index (χ1) is 8.01. The van der Waals surface area contributed by atoms with Crippen molar-refractivity contribution in [2.24, 2.45) is 5.92 Å². The average molecular weight is 244 g/mol. The van der Waals surface area contributed by atoms with E-state index in [1.165, 1.54) is 7.11 Å². The number of amides is 1. The zero-order valence-electron chi connectivity index (χ0n) is 10.3. The molecule has 0 saturated carbocycles. The molecule has 1 heterocycles. The van der Waals surface area contributed by atoms with Crippen LogP contribution in [0.5, 0.6) is 0 Å². The zero-order chi connectivity index (χ0) is 12.8. The second-order valence-corrected chi connectivity index (χ2v) is 4.59. The molecule has 0 bridgehead atoms. The quantitative estimate of drug-likeness (QED) is 0.754. The van der Waals surface area contributed by atoms with Gasteiger partial charge in [0.15, 0.2) is 0 Å². The van der Waals surface area contributed by atoms with Gasteiger partial charge in [-0.05, 0) is 25.8 Å². The summed E-state index contributed by atoms with van der Waals surface area (Å²) < 4.78 is 4.56. The predicted octanol–water partition coefficient (Wildman–Crippen LogP) is 0.528. The first-order valence-electron chi connectivity index (χ1n) is 5.76. The first-order valence-corrected chi connectivity index (χ1v) is 5.76. The highest BCUT2D eigenvalue weighted by Gasteiger charge is 2.26. The van der Waals surface area contributed by atoms with Crippen LogP contribution in [0.3, 0.4) is 0 Å². The summed E-state index contributed by atoms with van der Waals surface area (Å²) in [4.78, 5) is 23.7. The minimum atomic E-state index is -0.768. The lowest BCUT2D eigenvalue weighted by molar-refractivity contribution is -0.137. The molecule has 0 aromatic heterocycles. The Kier molecular flexibility index (Phi) is 5.21. The van der Waals surface area contributed by atoms with Crippen LogP contribution in [0, 0.1) is 5.92 Å². The number of aliphatic carboxylic acids is 1. The van der Waals surface area contributed by atoms with Gasteiger partial charge in [-0.15, -0.1) is 0 Å². The van der Waals surface area contributed by atoms with Gasteiger partial charge < -0.3 is 20.1 Å². The van der Waals surface area contributed by atoms with E-state index in [1.807, 2.05) is 7.05 Å². The second-order valence-electron chi connectivity index (χ2n) is 4.59. The number of hydrogen-bond donors (Lipinski definition) is 2. The Morgan fingerprint density at radius 1 is 1.47 bits per heavy atom. The Morgan fingerprint density at radius 3 is 2.76 bits per heavy atom. The molecule has 0 aromatic rings. The highest BCUT2D eigenvalue weighted by atomic mass is 16.5. The maximum absolute atomic E-state index is 11.1. The third-order valence-electron chi connectivity index (χ3n) is 2.99. The molecular weight excluding hydrogens is 224 g/mol. The van der Waals surface area contributed by atoms with Crippen molar-refractivity contribution in [3.05, 3.63) is 0 Å². The van der Waals surface area contributed by atoms with E-state index >= 15 is 0 Å². The summed E-state index contributed by atoms with van der Waals surface area (Å²) in [6.45, 7) is 1.66. The van der Waals surface area contributed by atoms with Crippen molar-refractivity contribution in [2.45, 2.75) is 25.3 Å². The van der Waals surface area contributed by atoms with Crippen LogP contribution in [0.4, 0.5) is 4.79 Å². The lowest BCUT2D eigenvalue weighted by Gasteiger charge is -2.35. The molecule has 1 aliphatic heterocycles. The highest BCUT2D eigenvalue weighted by Crippen LogP contribution is 2.20. The topological polar surface area (TPSA) is 78.9 Å². The average Bonchev–Trinajstić information content (AvgIpc) is 2.25. The maximum Gasteiger partial charge on any atom is 0.407 e. The summed E-state index contributed by atoms with van der Waals surface area (Å²) in [6.07, 6.45) is 1.22. The lowest BCUT2D eigenvalue weighted by Crippen LogP contribution is -2.49. The molecule has 2 N–H and O–H groups in total. The number of ether oxygens (including phenoxy) is 1. The fraction of sp³-hybridized carbons (Fsp3) is 0.818. The summed E-state index contributed by atoms with van der Waals surface area (Å²) in [7, 11) is 3.31. The largest absolute Gasteiger partial charge is 0.481 e. The summed E-state index contributed by atoms with van der Waals surface area (Å²) >= 11 is 0. The molecule has 17 heavy (non-hydrogen) atoms. The van der Waals surface area contributed by atoms with Crippen LogP contribution in [0.2, 0.25) is 0 Å². The Bertz CT molecular complexity index is 283. The molecule has 0 aromatic carbocycles. The number of methoxy groups -OCH3 is 1. The molecule has 0 spiro atoms. The van der Waals surface area contributed by atoms with Gasteiger partial charge in [0.05, 0.1) is 7.11 Å². The summed E-state index contributed by atoms with van der Waals surface area (Å²) in [5, 5.41) is 11.4. The van der Waals surface area contributed by atoms with E-state index in [1.54, 1.807) is 0 Å². The lowest BCUT2D eigenvalue weighted by atomic mass is 9.91. The van der Waals surface area contributed by atoms with E-state index < -0.39 is 12.1 Å². The van der Waals surface area contributed by atoms with Gasteiger partial charge in [0.2, 0.25) is 0 Å². The van der Waals surface area contributed by atoms with E-state index in [0.717, 1.165) is 19.5 Å².